The molecule has 92 valence electrons. The maximum atomic E-state index is 10.0. The van der Waals surface area contributed by atoms with E-state index >= 15 is 0 Å². The van der Waals surface area contributed by atoms with Crippen LogP contribution in [0.1, 0.15) is 18.4 Å². The van der Waals surface area contributed by atoms with Gasteiger partial charge < -0.3 is 5.11 Å². The molecule has 0 saturated carbocycles. The van der Waals surface area contributed by atoms with Crippen LogP contribution in [0.25, 0.3) is 0 Å². The van der Waals surface area contributed by atoms with Crippen LogP contribution in [-0.2, 0) is 5.41 Å². The number of allylic oxidation sites excluding steroid dienone is 2. The number of phenolic OH excluding ortho intramolecular Hbond substituents is 1. The first-order valence-corrected chi connectivity index (χ1v) is 6.69. The molecular weight excluding hydrogens is 300 g/mol. The van der Waals surface area contributed by atoms with Crippen molar-refractivity contribution in [2.75, 3.05) is 5.88 Å². The lowest BCUT2D eigenvalue weighted by atomic mass is 9.76. The number of benzene rings is 1. The predicted octanol–water partition coefficient (Wildman–Crippen LogP) is 4.78. The van der Waals surface area contributed by atoms with Crippen molar-refractivity contribution in [3.05, 3.63) is 53.5 Å². The fourth-order valence-electron chi connectivity index (χ4n) is 1.97. The van der Waals surface area contributed by atoms with Crippen LogP contribution in [0, 0.1) is 0 Å². The van der Waals surface area contributed by atoms with Crippen LogP contribution in [0.15, 0.2) is 48.0 Å². The van der Waals surface area contributed by atoms with Gasteiger partial charge in [0.1, 0.15) is 5.75 Å². The van der Waals surface area contributed by atoms with Crippen LogP contribution in [0.2, 0.25) is 0 Å². The van der Waals surface area contributed by atoms with Crippen LogP contribution >= 0.6 is 27.5 Å². The number of halogens is 2. The van der Waals surface area contributed by atoms with Gasteiger partial charge in [-0.15, -0.1) is 24.8 Å². The molecule has 0 heterocycles. The zero-order chi connectivity index (χ0) is 12.9. The highest BCUT2D eigenvalue weighted by Crippen LogP contribution is 2.40. The van der Waals surface area contributed by atoms with Gasteiger partial charge in [-0.25, -0.2) is 0 Å². The molecule has 0 aliphatic heterocycles. The fraction of sp³-hybridized carbons (Fsp3) is 0.286. The number of alkyl halides is 1. The van der Waals surface area contributed by atoms with Crippen molar-refractivity contribution < 1.29 is 5.11 Å². The number of hydrogen-bond donors (Lipinski definition) is 1. The molecule has 0 bridgehead atoms. The van der Waals surface area contributed by atoms with Crippen molar-refractivity contribution in [2.24, 2.45) is 0 Å². The van der Waals surface area contributed by atoms with E-state index in [0.29, 0.717) is 18.7 Å². The molecule has 0 aliphatic carbocycles. The highest BCUT2D eigenvalue weighted by Gasteiger charge is 2.31. The molecule has 0 aliphatic rings. The van der Waals surface area contributed by atoms with Gasteiger partial charge in [-0.3, -0.25) is 0 Å². The van der Waals surface area contributed by atoms with Gasteiger partial charge in [0.15, 0.2) is 0 Å². The van der Waals surface area contributed by atoms with Crippen LogP contribution in [0.3, 0.4) is 0 Å². The lowest BCUT2D eigenvalue weighted by Crippen LogP contribution is -2.27. The maximum absolute atomic E-state index is 10.0. The van der Waals surface area contributed by atoms with Crippen molar-refractivity contribution in [2.45, 2.75) is 18.3 Å². The number of rotatable bonds is 6. The van der Waals surface area contributed by atoms with Crippen molar-refractivity contribution in [1.82, 2.24) is 0 Å². The Kier molecular flexibility index (Phi) is 5.29. The summed E-state index contributed by atoms with van der Waals surface area (Å²) in [5.74, 6) is 0.673. The van der Waals surface area contributed by atoms with E-state index < -0.39 is 0 Å². The Hall–Kier alpha value is -0.730. The van der Waals surface area contributed by atoms with Gasteiger partial charge in [0.05, 0.1) is 0 Å². The van der Waals surface area contributed by atoms with E-state index in [1.165, 1.54) is 0 Å². The normalized spacial score (nSPS) is 11.2. The van der Waals surface area contributed by atoms with E-state index in [0.717, 1.165) is 10.0 Å². The first kappa shape index (κ1) is 14.3. The zero-order valence-corrected chi connectivity index (χ0v) is 12.0. The van der Waals surface area contributed by atoms with E-state index in [2.05, 4.69) is 29.1 Å². The van der Waals surface area contributed by atoms with Crippen LogP contribution in [-0.4, -0.2) is 11.0 Å². The van der Waals surface area contributed by atoms with Crippen molar-refractivity contribution >= 4 is 27.5 Å². The minimum atomic E-state index is -0.334. The average molecular weight is 316 g/mol. The number of phenols is 1. The van der Waals surface area contributed by atoms with Gasteiger partial charge >= 0.3 is 0 Å². The summed E-state index contributed by atoms with van der Waals surface area (Å²) in [6.45, 7) is 7.53. The van der Waals surface area contributed by atoms with Gasteiger partial charge in [0.2, 0.25) is 0 Å². The molecule has 1 rings (SSSR count). The monoisotopic (exact) mass is 314 g/mol. The molecule has 1 N–H and O–H groups in total. The third-order valence-corrected chi connectivity index (χ3v) is 3.86. The second kappa shape index (κ2) is 6.27. The van der Waals surface area contributed by atoms with Gasteiger partial charge in [0.25, 0.3) is 0 Å². The summed E-state index contributed by atoms with van der Waals surface area (Å²) in [7, 11) is 0. The lowest BCUT2D eigenvalue weighted by molar-refractivity contribution is 0.423. The zero-order valence-electron chi connectivity index (χ0n) is 9.63. The highest BCUT2D eigenvalue weighted by molar-refractivity contribution is 9.10. The summed E-state index contributed by atoms with van der Waals surface area (Å²) >= 11 is 9.53. The van der Waals surface area contributed by atoms with Gasteiger partial charge in [-0.1, -0.05) is 28.1 Å². The standard InChI is InChI=1S/C14H16BrClO/c1-3-7-14(10-16,8-4-2)12-9-11(15)5-6-13(12)17/h3-6,9,17H,1-2,7-8,10H2. The number of hydrogen-bond acceptors (Lipinski definition) is 1. The molecule has 3 heteroatoms. The molecule has 0 saturated heterocycles. The van der Waals surface area contributed by atoms with Crippen LogP contribution in [0.4, 0.5) is 0 Å². The molecule has 1 nitrogen and oxygen atoms in total. The summed E-state index contributed by atoms with van der Waals surface area (Å²) < 4.78 is 0.924. The second-order valence-electron chi connectivity index (χ2n) is 4.06. The smallest absolute Gasteiger partial charge is 0.119 e. The summed E-state index contributed by atoms with van der Waals surface area (Å²) in [5.41, 5.74) is 0.500. The van der Waals surface area contributed by atoms with Crippen LogP contribution < -0.4 is 0 Å². The number of aromatic hydroxyl groups is 1. The molecule has 0 atom stereocenters. The third kappa shape index (κ3) is 3.14. The topological polar surface area (TPSA) is 20.2 Å². The molecule has 0 radical (unpaired) electrons. The Labute approximate surface area is 116 Å². The summed E-state index contributed by atoms with van der Waals surface area (Å²) in [6.07, 6.45) is 5.05. The first-order chi connectivity index (χ1) is 8.09. The molecule has 0 aromatic heterocycles. The molecular formula is C14H16BrClO. The quantitative estimate of drug-likeness (QED) is 0.591. The van der Waals surface area contributed by atoms with Crippen molar-refractivity contribution in [1.29, 1.82) is 0 Å². The predicted molar refractivity (Wildman–Crippen MR) is 77.8 cm³/mol. The molecule has 1 aromatic rings. The summed E-state index contributed by atoms with van der Waals surface area (Å²) in [4.78, 5) is 0. The Balaban J connectivity index is 3.32. The molecule has 0 fully saturated rings. The van der Waals surface area contributed by atoms with E-state index in [9.17, 15) is 5.11 Å². The molecule has 17 heavy (non-hydrogen) atoms. The van der Waals surface area contributed by atoms with Crippen LogP contribution in [0.5, 0.6) is 5.75 Å². The Morgan fingerprint density at radius 2 is 1.88 bits per heavy atom. The third-order valence-electron chi connectivity index (χ3n) is 2.86. The van der Waals surface area contributed by atoms with Gasteiger partial charge in [0, 0.05) is 21.3 Å². The molecule has 0 spiro atoms. The molecule has 0 amide bonds. The van der Waals surface area contributed by atoms with E-state index in [1.807, 2.05) is 18.2 Å². The maximum Gasteiger partial charge on any atom is 0.119 e. The van der Waals surface area contributed by atoms with E-state index in [1.54, 1.807) is 12.1 Å². The van der Waals surface area contributed by atoms with Gasteiger partial charge in [-0.2, -0.15) is 0 Å². The minimum absolute atomic E-state index is 0.262. The van der Waals surface area contributed by atoms with E-state index in [-0.39, 0.29) is 11.2 Å². The second-order valence-corrected chi connectivity index (χ2v) is 5.24. The summed E-state index contributed by atoms with van der Waals surface area (Å²) in [6, 6.07) is 5.39. The van der Waals surface area contributed by atoms with E-state index in [4.69, 9.17) is 11.6 Å². The fourth-order valence-corrected chi connectivity index (χ4v) is 2.69. The minimum Gasteiger partial charge on any atom is -0.508 e. The average Bonchev–Trinajstić information content (AvgIpc) is 2.32. The van der Waals surface area contributed by atoms with Crippen molar-refractivity contribution in [3.8, 4) is 5.75 Å². The lowest BCUT2D eigenvalue weighted by Gasteiger charge is -2.31. The first-order valence-electron chi connectivity index (χ1n) is 5.36. The molecule has 0 unspecified atom stereocenters. The highest BCUT2D eigenvalue weighted by atomic mass is 79.9. The molecule has 1 aromatic carbocycles. The SMILES string of the molecule is C=CCC(CCl)(CC=C)c1cc(Br)ccc1O. The Morgan fingerprint density at radius 3 is 2.35 bits per heavy atom. The van der Waals surface area contributed by atoms with Crippen molar-refractivity contribution in [3.63, 3.8) is 0 Å². The summed E-state index contributed by atoms with van der Waals surface area (Å²) in [5, 5.41) is 10.0. The van der Waals surface area contributed by atoms with Gasteiger partial charge in [-0.05, 0) is 31.0 Å². The Bertz CT molecular complexity index is 405. The largest absolute Gasteiger partial charge is 0.508 e. The Morgan fingerprint density at radius 1 is 1.29 bits per heavy atom.